The lowest BCUT2D eigenvalue weighted by atomic mass is 9.96. The van der Waals surface area contributed by atoms with Crippen LogP contribution < -0.4 is 26.8 Å². The second kappa shape index (κ2) is 6.68. The van der Waals surface area contributed by atoms with Crippen LogP contribution in [0, 0.1) is 0 Å². The van der Waals surface area contributed by atoms with Gasteiger partial charge in [0, 0.05) is 32.0 Å². The number of pyridine rings is 1. The second-order valence-corrected chi connectivity index (χ2v) is 6.62. The zero-order valence-corrected chi connectivity index (χ0v) is 14.6. The van der Waals surface area contributed by atoms with Crippen LogP contribution >= 0.6 is 0 Å². The molecule has 1 aliphatic rings. The van der Waals surface area contributed by atoms with Crippen LogP contribution in [0.15, 0.2) is 52.3 Å². The normalized spacial score (nSPS) is 13.4. The number of fused-ring (bicyclic) bond motifs is 1. The van der Waals surface area contributed by atoms with Crippen LogP contribution in [0.3, 0.4) is 0 Å². The zero-order valence-electron chi connectivity index (χ0n) is 14.6. The van der Waals surface area contributed by atoms with E-state index in [2.05, 4.69) is 10.3 Å². The summed E-state index contributed by atoms with van der Waals surface area (Å²) >= 11 is 0. The van der Waals surface area contributed by atoms with Gasteiger partial charge >= 0.3 is 0 Å². The maximum Gasteiger partial charge on any atom is 0.253 e. The molecule has 1 amide bonds. The number of amides is 1. The summed E-state index contributed by atoms with van der Waals surface area (Å²) in [5, 5.41) is 2.88. The van der Waals surface area contributed by atoms with Crippen LogP contribution in [-0.2, 0) is 19.5 Å². The van der Waals surface area contributed by atoms with Gasteiger partial charge in [0.05, 0.1) is 5.56 Å². The maximum absolute atomic E-state index is 12.1. The lowest BCUT2D eigenvalue weighted by Gasteiger charge is -2.32. The minimum absolute atomic E-state index is 0.0586. The molecule has 0 saturated heterocycles. The van der Waals surface area contributed by atoms with Gasteiger partial charge in [0.2, 0.25) is 0 Å². The standard InChI is InChI=1S/C20H18N4O3/c21-16-17(19(26)18(16)25)24-7-5-13-4-3-12(8-15(13)11-24)9-23-20(27)14-2-1-6-22-10-14/h1-4,6,8,10H,5,7,9,11,21H2,(H,23,27). The number of carbonyl (C=O) groups is 1. The van der Waals surface area contributed by atoms with Crippen molar-refractivity contribution < 1.29 is 4.79 Å². The molecular formula is C20H18N4O3. The first kappa shape index (κ1) is 17.0. The highest BCUT2D eigenvalue weighted by molar-refractivity contribution is 5.93. The molecule has 2 heterocycles. The number of aromatic nitrogens is 1. The Morgan fingerprint density at radius 2 is 2.04 bits per heavy atom. The lowest BCUT2D eigenvalue weighted by molar-refractivity contribution is 0.0950. The molecule has 136 valence electrons. The fourth-order valence-corrected chi connectivity index (χ4v) is 3.40. The molecule has 0 radical (unpaired) electrons. The van der Waals surface area contributed by atoms with E-state index in [0.29, 0.717) is 30.9 Å². The first-order chi connectivity index (χ1) is 13.0. The predicted octanol–water partition coefficient (Wildman–Crippen LogP) is 0.753. The molecule has 3 N–H and O–H groups in total. The van der Waals surface area contributed by atoms with Crippen molar-refractivity contribution >= 4 is 17.3 Å². The number of nitrogens with two attached hydrogens (primary N) is 1. The maximum atomic E-state index is 12.1. The number of rotatable bonds is 4. The van der Waals surface area contributed by atoms with Gasteiger partial charge < -0.3 is 16.0 Å². The van der Waals surface area contributed by atoms with E-state index < -0.39 is 10.9 Å². The van der Waals surface area contributed by atoms with Crippen molar-refractivity contribution in [1.29, 1.82) is 0 Å². The summed E-state index contributed by atoms with van der Waals surface area (Å²) in [6, 6.07) is 9.48. The molecule has 3 aromatic rings. The molecule has 0 spiro atoms. The van der Waals surface area contributed by atoms with Crippen LogP contribution in [0.25, 0.3) is 0 Å². The Balaban J connectivity index is 1.47. The summed E-state index contributed by atoms with van der Waals surface area (Å²) in [6.07, 6.45) is 3.92. The van der Waals surface area contributed by atoms with Crippen molar-refractivity contribution in [2.75, 3.05) is 17.2 Å². The van der Waals surface area contributed by atoms with Crippen molar-refractivity contribution in [3.8, 4) is 0 Å². The Morgan fingerprint density at radius 1 is 1.19 bits per heavy atom. The first-order valence-electron chi connectivity index (χ1n) is 8.67. The molecular weight excluding hydrogens is 344 g/mol. The number of hydrogen-bond donors (Lipinski definition) is 2. The number of carbonyl (C=O) groups excluding carboxylic acids is 1. The number of benzene rings is 1. The molecule has 4 rings (SSSR count). The summed E-state index contributed by atoms with van der Waals surface area (Å²) in [5.41, 5.74) is 8.73. The van der Waals surface area contributed by atoms with E-state index in [-0.39, 0.29) is 11.6 Å². The van der Waals surface area contributed by atoms with Gasteiger partial charge in [-0.2, -0.15) is 0 Å². The van der Waals surface area contributed by atoms with E-state index in [9.17, 15) is 14.4 Å². The molecule has 0 fully saturated rings. The van der Waals surface area contributed by atoms with Crippen molar-refractivity contribution in [2.24, 2.45) is 0 Å². The molecule has 2 aromatic carbocycles. The summed E-state index contributed by atoms with van der Waals surface area (Å²) in [6.45, 7) is 1.57. The number of nitrogens with zero attached hydrogens (tertiary/aromatic N) is 2. The van der Waals surface area contributed by atoms with E-state index in [0.717, 1.165) is 17.5 Å². The molecule has 0 aliphatic carbocycles. The van der Waals surface area contributed by atoms with E-state index in [1.807, 2.05) is 23.1 Å². The van der Waals surface area contributed by atoms with Crippen LogP contribution in [-0.4, -0.2) is 17.4 Å². The Kier molecular flexibility index (Phi) is 4.19. The van der Waals surface area contributed by atoms with Gasteiger partial charge in [0.25, 0.3) is 16.8 Å². The van der Waals surface area contributed by atoms with Crippen molar-refractivity contribution in [3.05, 3.63) is 85.4 Å². The van der Waals surface area contributed by atoms with Crippen LogP contribution in [0.5, 0.6) is 0 Å². The number of nitrogens with one attached hydrogen (secondary N) is 1. The Morgan fingerprint density at radius 3 is 2.78 bits per heavy atom. The molecule has 7 heteroatoms. The molecule has 0 bridgehead atoms. The minimum Gasteiger partial charge on any atom is -0.394 e. The van der Waals surface area contributed by atoms with Gasteiger partial charge in [-0.1, -0.05) is 18.2 Å². The SMILES string of the molecule is Nc1c(N2CCc3ccc(CNC(=O)c4cccnc4)cc3C2)c(=O)c1=O. The lowest BCUT2D eigenvalue weighted by Crippen LogP contribution is -2.44. The number of hydrogen-bond acceptors (Lipinski definition) is 6. The van der Waals surface area contributed by atoms with E-state index >= 15 is 0 Å². The molecule has 0 unspecified atom stereocenters. The van der Waals surface area contributed by atoms with Gasteiger partial charge in [0.1, 0.15) is 11.4 Å². The molecule has 1 aliphatic heterocycles. The Labute approximate surface area is 155 Å². The molecule has 1 aromatic heterocycles. The first-order valence-corrected chi connectivity index (χ1v) is 8.67. The van der Waals surface area contributed by atoms with Gasteiger partial charge in [-0.25, -0.2) is 0 Å². The third-order valence-corrected chi connectivity index (χ3v) is 4.90. The number of anilines is 2. The van der Waals surface area contributed by atoms with Crippen LogP contribution in [0.2, 0.25) is 0 Å². The highest BCUT2D eigenvalue weighted by atomic mass is 16.2. The molecule has 27 heavy (non-hydrogen) atoms. The molecule has 7 nitrogen and oxygen atoms in total. The fraction of sp³-hybridized carbons (Fsp3) is 0.200. The Hall–Kier alpha value is -3.48. The second-order valence-electron chi connectivity index (χ2n) is 6.62. The average molecular weight is 362 g/mol. The smallest absolute Gasteiger partial charge is 0.253 e. The van der Waals surface area contributed by atoms with E-state index in [1.165, 1.54) is 11.8 Å². The van der Waals surface area contributed by atoms with E-state index in [1.54, 1.807) is 18.3 Å². The summed E-state index contributed by atoms with van der Waals surface area (Å²) in [4.78, 5) is 41.1. The molecule has 0 saturated carbocycles. The zero-order chi connectivity index (χ0) is 19.0. The third kappa shape index (κ3) is 3.08. The van der Waals surface area contributed by atoms with Crippen molar-refractivity contribution in [3.63, 3.8) is 0 Å². The highest BCUT2D eigenvalue weighted by Gasteiger charge is 2.26. The van der Waals surface area contributed by atoms with Crippen LogP contribution in [0.1, 0.15) is 27.0 Å². The number of nitrogen functional groups attached to an aromatic ring is 1. The fourth-order valence-electron chi connectivity index (χ4n) is 3.40. The Bertz CT molecular complexity index is 1080. The third-order valence-electron chi connectivity index (χ3n) is 4.90. The summed E-state index contributed by atoms with van der Waals surface area (Å²) in [7, 11) is 0. The minimum atomic E-state index is -0.595. The average Bonchev–Trinajstić information content (AvgIpc) is 2.72. The largest absolute Gasteiger partial charge is 0.394 e. The highest BCUT2D eigenvalue weighted by Crippen LogP contribution is 2.26. The van der Waals surface area contributed by atoms with Crippen molar-refractivity contribution in [2.45, 2.75) is 19.5 Å². The summed E-state index contributed by atoms with van der Waals surface area (Å²) in [5.74, 6) is -0.182. The van der Waals surface area contributed by atoms with Gasteiger partial charge in [-0.15, -0.1) is 0 Å². The van der Waals surface area contributed by atoms with Crippen LogP contribution in [0.4, 0.5) is 11.4 Å². The van der Waals surface area contributed by atoms with E-state index in [4.69, 9.17) is 5.73 Å². The monoisotopic (exact) mass is 362 g/mol. The van der Waals surface area contributed by atoms with Gasteiger partial charge in [0.15, 0.2) is 0 Å². The summed E-state index contributed by atoms with van der Waals surface area (Å²) < 4.78 is 0. The predicted molar refractivity (Wildman–Crippen MR) is 102 cm³/mol. The topological polar surface area (TPSA) is 105 Å². The van der Waals surface area contributed by atoms with Gasteiger partial charge in [-0.05, 0) is 35.2 Å². The van der Waals surface area contributed by atoms with Gasteiger partial charge in [-0.3, -0.25) is 19.4 Å². The van der Waals surface area contributed by atoms with Crippen molar-refractivity contribution in [1.82, 2.24) is 10.3 Å². The quantitative estimate of drug-likeness (QED) is 0.664. The molecule has 0 atom stereocenters.